The van der Waals surface area contributed by atoms with Crippen molar-refractivity contribution in [1.29, 1.82) is 0 Å². The average Bonchev–Trinajstić information content (AvgIpc) is 2.66. The molecule has 140 valence electrons. The lowest BCUT2D eigenvalue weighted by Crippen LogP contribution is -2.43. The topological polar surface area (TPSA) is 93.1 Å². The summed E-state index contributed by atoms with van der Waals surface area (Å²) >= 11 is 1.55. The molecular formula is C18H24N4O3S. The van der Waals surface area contributed by atoms with Crippen LogP contribution in [0.1, 0.15) is 43.1 Å². The zero-order chi connectivity index (χ0) is 18.9. The van der Waals surface area contributed by atoms with Crippen LogP contribution >= 0.6 is 11.8 Å². The molecule has 2 N–H and O–H groups in total. The number of amides is 2. The molecule has 7 nitrogen and oxygen atoms in total. The normalized spacial score (nSPS) is 10.7. The maximum atomic E-state index is 12.6. The molecule has 2 aromatic rings. The number of hydrogen-bond acceptors (Lipinski definition) is 5. The van der Waals surface area contributed by atoms with Crippen molar-refractivity contribution in [2.45, 2.75) is 39.2 Å². The quantitative estimate of drug-likeness (QED) is 0.544. The number of fused-ring (bicyclic) bond motifs is 1. The Morgan fingerprint density at radius 1 is 1.15 bits per heavy atom. The third-order valence-electron chi connectivity index (χ3n) is 3.90. The monoisotopic (exact) mass is 376 g/mol. The predicted molar refractivity (Wildman–Crippen MR) is 104 cm³/mol. The van der Waals surface area contributed by atoms with Crippen LogP contribution in [-0.2, 0) is 11.3 Å². The van der Waals surface area contributed by atoms with E-state index in [1.165, 1.54) is 4.68 Å². The zero-order valence-corrected chi connectivity index (χ0v) is 15.9. The first-order valence-electron chi connectivity index (χ1n) is 8.66. The van der Waals surface area contributed by atoms with Gasteiger partial charge in [-0.05, 0) is 18.7 Å². The largest absolute Gasteiger partial charge is 0.290 e. The van der Waals surface area contributed by atoms with E-state index in [4.69, 9.17) is 0 Å². The van der Waals surface area contributed by atoms with Gasteiger partial charge in [-0.25, -0.2) is 4.68 Å². The highest BCUT2D eigenvalue weighted by molar-refractivity contribution is 7.98. The summed E-state index contributed by atoms with van der Waals surface area (Å²) in [5.74, 6) is -0.137. The molecule has 0 bridgehead atoms. The van der Waals surface area contributed by atoms with Gasteiger partial charge in [-0.1, -0.05) is 38.0 Å². The molecule has 0 saturated carbocycles. The number of aryl methyl sites for hydroxylation is 1. The van der Waals surface area contributed by atoms with Crippen molar-refractivity contribution in [1.82, 2.24) is 20.6 Å². The van der Waals surface area contributed by atoms with Crippen LogP contribution < -0.4 is 16.4 Å². The van der Waals surface area contributed by atoms with Gasteiger partial charge in [0.05, 0.1) is 5.39 Å². The van der Waals surface area contributed by atoms with Gasteiger partial charge in [-0.2, -0.15) is 16.9 Å². The van der Waals surface area contributed by atoms with Gasteiger partial charge in [0.15, 0.2) is 5.69 Å². The second-order valence-corrected chi connectivity index (χ2v) is 6.86. The molecule has 0 atom stereocenters. The Morgan fingerprint density at radius 3 is 2.58 bits per heavy atom. The number of rotatable bonds is 8. The molecule has 0 fully saturated rings. The Morgan fingerprint density at radius 2 is 1.88 bits per heavy atom. The van der Waals surface area contributed by atoms with Gasteiger partial charge < -0.3 is 0 Å². The van der Waals surface area contributed by atoms with Crippen molar-refractivity contribution in [2.24, 2.45) is 0 Å². The molecule has 0 saturated heterocycles. The summed E-state index contributed by atoms with van der Waals surface area (Å²) in [4.78, 5) is 36.8. The second-order valence-electron chi connectivity index (χ2n) is 5.87. The standard InChI is InChI=1S/C18H24N4O3S/c1-3-4-7-11-22-18(25)14-9-6-5-8-13(14)16(21-22)17(24)20-19-15(23)10-12-26-2/h5-6,8-9H,3-4,7,10-12H2,1-2H3,(H,19,23)(H,20,24). The molecule has 0 aliphatic heterocycles. The minimum Gasteiger partial charge on any atom is -0.273 e. The van der Waals surface area contributed by atoms with Gasteiger partial charge in [-0.15, -0.1) is 0 Å². The fourth-order valence-electron chi connectivity index (χ4n) is 2.51. The van der Waals surface area contributed by atoms with Crippen molar-refractivity contribution >= 4 is 34.3 Å². The van der Waals surface area contributed by atoms with E-state index >= 15 is 0 Å². The molecule has 0 spiro atoms. The van der Waals surface area contributed by atoms with Crippen molar-refractivity contribution in [3.8, 4) is 0 Å². The molecule has 26 heavy (non-hydrogen) atoms. The molecule has 1 aromatic carbocycles. The third-order valence-corrected chi connectivity index (χ3v) is 4.52. The number of hydrazine groups is 1. The summed E-state index contributed by atoms with van der Waals surface area (Å²) in [5, 5.41) is 5.16. The van der Waals surface area contributed by atoms with Gasteiger partial charge in [0, 0.05) is 24.1 Å². The summed E-state index contributed by atoms with van der Waals surface area (Å²) in [6, 6.07) is 6.87. The van der Waals surface area contributed by atoms with E-state index in [0.29, 0.717) is 29.5 Å². The molecule has 0 unspecified atom stereocenters. The first-order chi connectivity index (χ1) is 12.6. The molecule has 0 aliphatic carbocycles. The number of carbonyl (C=O) groups excluding carboxylic acids is 2. The van der Waals surface area contributed by atoms with Gasteiger partial charge in [-0.3, -0.25) is 25.2 Å². The number of nitrogens with zero attached hydrogens (tertiary/aromatic N) is 2. The van der Waals surface area contributed by atoms with Crippen LogP contribution in [0.3, 0.4) is 0 Å². The fourth-order valence-corrected chi connectivity index (χ4v) is 2.90. The number of hydrogen-bond donors (Lipinski definition) is 2. The van der Waals surface area contributed by atoms with Gasteiger partial charge >= 0.3 is 0 Å². The third kappa shape index (κ3) is 5.08. The molecule has 2 rings (SSSR count). The number of benzene rings is 1. The Balaban J connectivity index is 2.27. The van der Waals surface area contributed by atoms with Crippen molar-refractivity contribution < 1.29 is 9.59 Å². The van der Waals surface area contributed by atoms with Crippen LogP contribution in [-0.4, -0.2) is 33.6 Å². The highest BCUT2D eigenvalue weighted by atomic mass is 32.2. The van der Waals surface area contributed by atoms with Gasteiger partial charge in [0.1, 0.15) is 0 Å². The van der Waals surface area contributed by atoms with Crippen molar-refractivity contribution in [3.05, 3.63) is 40.3 Å². The number of carbonyl (C=O) groups is 2. The van der Waals surface area contributed by atoms with Crippen LogP contribution in [0, 0.1) is 0 Å². The number of aromatic nitrogens is 2. The molecule has 1 aromatic heterocycles. The summed E-state index contributed by atoms with van der Waals surface area (Å²) in [6.45, 7) is 2.53. The predicted octanol–water partition coefficient (Wildman–Crippen LogP) is 2.10. The second kappa shape index (κ2) is 9.96. The maximum Gasteiger partial charge on any atom is 0.290 e. The first kappa shape index (κ1) is 20.0. The molecular weight excluding hydrogens is 352 g/mol. The van der Waals surface area contributed by atoms with Gasteiger partial charge in [0.2, 0.25) is 5.91 Å². The van der Waals surface area contributed by atoms with E-state index in [9.17, 15) is 14.4 Å². The van der Waals surface area contributed by atoms with E-state index in [1.807, 2.05) is 6.26 Å². The minimum absolute atomic E-state index is 0.127. The Labute approximate surface area is 156 Å². The van der Waals surface area contributed by atoms with Crippen molar-refractivity contribution in [2.75, 3.05) is 12.0 Å². The van der Waals surface area contributed by atoms with E-state index in [0.717, 1.165) is 19.3 Å². The lowest BCUT2D eigenvalue weighted by Gasteiger charge is -2.11. The minimum atomic E-state index is -0.539. The summed E-state index contributed by atoms with van der Waals surface area (Å²) in [7, 11) is 0. The van der Waals surface area contributed by atoms with Crippen LogP contribution in [0.2, 0.25) is 0 Å². The Kier molecular flexibility index (Phi) is 7.65. The van der Waals surface area contributed by atoms with Crippen LogP contribution in [0.15, 0.2) is 29.1 Å². The van der Waals surface area contributed by atoms with E-state index in [2.05, 4.69) is 22.9 Å². The van der Waals surface area contributed by atoms with E-state index in [-0.39, 0.29) is 17.2 Å². The molecule has 2 amide bonds. The number of unbranched alkanes of at least 4 members (excludes halogenated alkanes) is 2. The van der Waals surface area contributed by atoms with Crippen molar-refractivity contribution in [3.63, 3.8) is 0 Å². The highest BCUT2D eigenvalue weighted by Gasteiger charge is 2.17. The summed E-state index contributed by atoms with van der Waals surface area (Å²) in [6.07, 6.45) is 5.04. The Bertz CT molecular complexity index is 835. The fraction of sp³-hybridized carbons (Fsp3) is 0.444. The number of nitrogens with one attached hydrogen (secondary N) is 2. The maximum absolute atomic E-state index is 12.6. The van der Waals surface area contributed by atoms with Crippen LogP contribution in [0.5, 0.6) is 0 Å². The smallest absolute Gasteiger partial charge is 0.273 e. The van der Waals surface area contributed by atoms with Crippen LogP contribution in [0.4, 0.5) is 0 Å². The molecule has 1 heterocycles. The van der Waals surface area contributed by atoms with Gasteiger partial charge in [0.25, 0.3) is 11.5 Å². The average molecular weight is 376 g/mol. The summed E-state index contributed by atoms with van der Waals surface area (Å²) < 4.78 is 1.34. The summed E-state index contributed by atoms with van der Waals surface area (Å²) in [5.41, 5.74) is 4.69. The van der Waals surface area contributed by atoms with Crippen LogP contribution in [0.25, 0.3) is 10.8 Å². The highest BCUT2D eigenvalue weighted by Crippen LogP contribution is 2.13. The lowest BCUT2D eigenvalue weighted by molar-refractivity contribution is -0.121. The number of thioether (sulfide) groups is 1. The molecule has 0 radical (unpaired) electrons. The lowest BCUT2D eigenvalue weighted by atomic mass is 10.1. The van der Waals surface area contributed by atoms with E-state index < -0.39 is 5.91 Å². The zero-order valence-electron chi connectivity index (χ0n) is 15.1. The SMILES string of the molecule is CCCCCn1nc(C(=O)NNC(=O)CCSC)c2ccccc2c1=O. The first-order valence-corrected chi connectivity index (χ1v) is 10.1. The van der Waals surface area contributed by atoms with E-state index in [1.54, 1.807) is 36.0 Å². The Hall–Kier alpha value is -2.35. The molecule has 8 heteroatoms. The molecule has 0 aliphatic rings.